The Bertz CT molecular complexity index is 3210. The van der Waals surface area contributed by atoms with E-state index in [1.165, 1.54) is 54.4 Å². The highest BCUT2D eigenvalue weighted by atomic mass is 16.3. The summed E-state index contributed by atoms with van der Waals surface area (Å²) < 4.78 is 6.68. The molecule has 1 heterocycles. The van der Waals surface area contributed by atoms with E-state index in [0.717, 1.165) is 50.0 Å². The second kappa shape index (κ2) is 12.2. The lowest BCUT2D eigenvalue weighted by atomic mass is 9.94. The van der Waals surface area contributed by atoms with Gasteiger partial charge in [-0.25, -0.2) is 0 Å². The van der Waals surface area contributed by atoms with Crippen LogP contribution in [0.25, 0.3) is 87.3 Å². The number of para-hydroxylation sites is 1. The van der Waals surface area contributed by atoms with Gasteiger partial charge in [0.15, 0.2) is 0 Å². The molecule has 0 aliphatic heterocycles. The summed E-state index contributed by atoms with van der Waals surface area (Å²) in [5.41, 5.74) is 9.73. The van der Waals surface area contributed by atoms with Crippen molar-refractivity contribution in [2.24, 2.45) is 0 Å². The highest BCUT2D eigenvalue weighted by Gasteiger charge is 2.22. The minimum Gasteiger partial charge on any atom is -0.455 e. The van der Waals surface area contributed by atoms with Gasteiger partial charge in [-0.3, -0.25) is 0 Å². The molecular formula is C52H33NO. The first-order valence-electron chi connectivity index (χ1n) is 18.5. The lowest BCUT2D eigenvalue weighted by Crippen LogP contribution is -2.11. The van der Waals surface area contributed by atoms with Gasteiger partial charge in [-0.05, 0) is 96.9 Å². The third-order valence-corrected chi connectivity index (χ3v) is 11.0. The number of anilines is 3. The monoisotopic (exact) mass is 687 g/mol. The molecule has 0 saturated heterocycles. The summed E-state index contributed by atoms with van der Waals surface area (Å²) in [7, 11) is 0. The summed E-state index contributed by atoms with van der Waals surface area (Å²) in [6, 6.07) is 72.2. The number of rotatable bonds is 5. The Morgan fingerprint density at radius 2 is 0.944 bits per heavy atom. The molecule has 11 rings (SSSR count). The van der Waals surface area contributed by atoms with Gasteiger partial charge >= 0.3 is 0 Å². The Morgan fingerprint density at radius 1 is 0.333 bits per heavy atom. The van der Waals surface area contributed by atoms with Crippen molar-refractivity contribution in [3.63, 3.8) is 0 Å². The molecule has 0 radical (unpaired) electrons. The van der Waals surface area contributed by atoms with Crippen molar-refractivity contribution in [1.82, 2.24) is 0 Å². The van der Waals surface area contributed by atoms with Gasteiger partial charge in [-0.2, -0.15) is 0 Å². The largest absolute Gasteiger partial charge is 0.455 e. The maximum atomic E-state index is 6.68. The second-order valence-corrected chi connectivity index (χ2v) is 14.1. The summed E-state index contributed by atoms with van der Waals surface area (Å²) in [6.45, 7) is 0. The number of furan rings is 1. The Kier molecular flexibility index (Phi) is 6.90. The molecule has 0 fully saturated rings. The molecule has 54 heavy (non-hydrogen) atoms. The van der Waals surface area contributed by atoms with E-state index in [1.54, 1.807) is 0 Å². The maximum absolute atomic E-state index is 6.68. The van der Waals surface area contributed by atoms with Crippen LogP contribution in [0.2, 0.25) is 0 Å². The van der Waals surface area contributed by atoms with Gasteiger partial charge in [0.1, 0.15) is 11.2 Å². The number of fused-ring (bicyclic) bond motifs is 10. The molecule has 1 aromatic heterocycles. The lowest BCUT2D eigenvalue weighted by Gasteiger charge is -2.28. The molecule has 252 valence electrons. The van der Waals surface area contributed by atoms with E-state index in [2.05, 4.69) is 205 Å². The van der Waals surface area contributed by atoms with Gasteiger partial charge in [-0.1, -0.05) is 158 Å². The molecule has 0 spiro atoms. The number of nitrogens with zero attached hydrogens (tertiary/aromatic N) is 1. The zero-order chi connectivity index (χ0) is 35.6. The number of benzene rings is 10. The van der Waals surface area contributed by atoms with Gasteiger partial charge in [0.2, 0.25) is 0 Å². The zero-order valence-corrected chi connectivity index (χ0v) is 29.4. The van der Waals surface area contributed by atoms with E-state index in [1.807, 2.05) is 0 Å². The van der Waals surface area contributed by atoms with Crippen LogP contribution in [-0.2, 0) is 0 Å². The molecule has 0 aliphatic rings. The molecule has 10 aromatic carbocycles. The molecule has 0 N–H and O–H groups in total. The Balaban J connectivity index is 1.09. The molecule has 0 aliphatic carbocycles. The molecule has 0 bridgehead atoms. The van der Waals surface area contributed by atoms with Gasteiger partial charge in [0.25, 0.3) is 0 Å². The fourth-order valence-corrected chi connectivity index (χ4v) is 8.48. The van der Waals surface area contributed by atoms with Gasteiger partial charge in [-0.15, -0.1) is 0 Å². The summed E-state index contributed by atoms with van der Waals surface area (Å²) in [6.07, 6.45) is 0. The van der Waals surface area contributed by atoms with Crippen molar-refractivity contribution in [1.29, 1.82) is 0 Å². The fourth-order valence-electron chi connectivity index (χ4n) is 8.48. The highest BCUT2D eigenvalue weighted by Crippen LogP contribution is 2.47. The molecule has 2 heteroatoms. The van der Waals surface area contributed by atoms with E-state index in [9.17, 15) is 0 Å². The van der Waals surface area contributed by atoms with Crippen LogP contribution in [0.4, 0.5) is 17.1 Å². The van der Waals surface area contributed by atoms with Crippen molar-refractivity contribution in [3.8, 4) is 22.3 Å². The van der Waals surface area contributed by atoms with Crippen LogP contribution < -0.4 is 4.90 Å². The van der Waals surface area contributed by atoms with Crippen molar-refractivity contribution >= 4 is 82.1 Å². The van der Waals surface area contributed by atoms with Crippen LogP contribution in [0.5, 0.6) is 0 Å². The standard InChI is InChI=1S/C52H33NO/c1-2-11-35(12-3-1)42-15-8-9-18-47(42)53(48-19-10-20-49-51(48)46-32-27-37-14-5-7-17-45(37)52(46)54-49)41-29-25-34(26-30-41)39-28-31-44-40(33-39)24-23-38-22-21-36-13-4-6-16-43(36)50(38)44/h1-33H. The molecule has 0 saturated carbocycles. The molecule has 0 atom stereocenters. The predicted octanol–water partition coefficient (Wildman–Crippen LogP) is 15.0. The first-order chi connectivity index (χ1) is 26.8. The average molecular weight is 688 g/mol. The van der Waals surface area contributed by atoms with E-state index in [-0.39, 0.29) is 0 Å². The third-order valence-electron chi connectivity index (χ3n) is 11.0. The van der Waals surface area contributed by atoms with Crippen LogP contribution in [0.3, 0.4) is 0 Å². The quantitative estimate of drug-likeness (QED) is 0.168. The van der Waals surface area contributed by atoms with E-state index in [0.29, 0.717) is 0 Å². The molecule has 0 amide bonds. The minimum absolute atomic E-state index is 0.870. The first kappa shape index (κ1) is 30.5. The number of hydrogen-bond acceptors (Lipinski definition) is 2. The van der Waals surface area contributed by atoms with Gasteiger partial charge in [0, 0.05) is 22.0 Å². The van der Waals surface area contributed by atoms with Gasteiger partial charge < -0.3 is 9.32 Å². The van der Waals surface area contributed by atoms with Crippen LogP contribution in [0, 0.1) is 0 Å². The van der Waals surface area contributed by atoms with Gasteiger partial charge in [0.05, 0.1) is 16.8 Å². The van der Waals surface area contributed by atoms with Crippen molar-refractivity contribution in [2.45, 2.75) is 0 Å². The Labute approximate surface area is 312 Å². The average Bonchev–Trinajstić information content (AvgIpc) is 3.64. The zero-order valence-electron chi connectivity index (χ0n) is 29.4. The third kappa shape index (κ3) is 4.81. The highest BCUT2D eigenvalue weighted by molar-refractivity contribution is 6.21. The smallest absolute Gasteiger partial charge is 0.143 e. The first-order valence-corrected chi connectivity index (χ1v) is 18.5. The molecule has 2 nitrogen and oxygen atoms in total. The van der Waals surface area contributed by atoms with Crippen LogP contribution in [-0.4, -0.2) is 0 Å². The number of hydrogen-bond donors (Lipinski definition) is 0. The van der Waals surface area contributed by atoms with Crippen molar-refractivity contribution in [2.75, 3.05) is 4.90 Å². The lowest BCUT2D eigenvalue weighted by molar-refractivity contribution is 0.672. The SMILES string of the molecule is c1ccc(-c2ccccc2N(c2ccc(-c3ccc4c(ccc5ccc6ccccc6c54)c3)cc2)c2cccc3oc4c5ccccc5ccc4c23)cc1. The summed E-state index contributed by atoms with van der Waals surface area (Å²) in [4.78, 5) is 2.40. The second-order valence-electron chi connectivity index (χ2n) is 14.1. The molecular weight excluding hydrogens is 655 g/mol. The van der Waals surface area contributed by atoms with Crippen molar-refractivity contribution < 1.29 is 4.42 Å². The summed E-state index contributed by atoms with van der Waals surface area (Å²) in [5, 5.41) is 12.2. The summed E-state index contributed by atoms with van der Waals surface area (Å²) in [5.74, 6) is 0. The van der Waals surface area contributed by atoms with Crippen LogP contribution in [0.15, 0.2) is 205 Å². The maximum Gasteiger partial charge on any atom is 0.143 e. The van der Waals surface area contributed by atoms with E-state index >= 15 is 0 Å². The normalized spacial score (nSPS) is 11.7. The van der Waals surface area contributed by atoms with Crippen molar-refractivity contribution in [3.05, 3.63) is 200 Å². The summed E-state index contributed by atoms with van der Waals surface area (Å²) >= 11 is 0. The van der Waals surface area contributed by atoms with E-state index in [4.69, 9.17) is 4.42 Å². The van der Waals surface area contributed by atoms with Crippen LogP contribution >= 0.6 is 0 Å². The topological polar surface area (TPSA) is 16.4 Å². The predicted molar refractivity (Wildman–Crippen MR) is 229 cm³/mol. The molecule has 0 unspecified atom stereocenters. The minimum atomic E-state index is 0.870. The van der Waals surface area contributed by atoms with Crippen LogP contribution in [0.1, 0.15) is 0 Å². The van der Waals surface area contributed by atoms with E-state index < -0.39 is 0 Å². The fraction of sp³-hybridized carbons (Fsp3) is 0. The Hall–Kier alpha value is -7.16. The Morgan fingerprint density at radius 3 is 1.80 bits per heavy atom. The molecule has 11 aromatic rings.